The first-order chi connectivity index (χ1) is 34.5. The van der Waals surface area contributed by atoms with Crippen LogP contribution in [-0.2, 0) is 12.8 Å². The highest BCUT2D eigenvalue weighted by molar-refractivity contribution is 5.84. The molecule has 0 unspecified atom stereocenters. The summed E-state index contributed by atoms with van der Waals surface area (Å²) in [5.41, 5.74) is 22.6. The molecule has 70 heavy (non-hydrogen) atoms. The van der Waals surface area contributed by atoms with Gasteiger partial charge in [0.25, 0.3) is 0 Å². The highest BCUT2D eigenvalue weighted by Crippen LogP contribution is 2.42. The number of unbranched alkanes of at least 4 members (excludes halogenated alkanes) is 6. The highest BCUT2D eigenvalue weighted by atomic mass is 15.1. The second-order valence-electron chi connectivity index (χ2n) is 19.0. The van der Waals surface area contributed by atoms with Gasteiger partial charge in [-0.3, -0.25) is 0 Å². The number of para-hydroxylation sites is 2. The van der Waals surface area contributed by atoms with Crippen LogP contribution in [0.5, 0.6) is 0 Å². The maximum atomic E-state index is 2.56. The van der Waals surface area contributed by atoms with Crippen molar-refractivity contribution in [2.24, 2.45) is 0 Å². The molecule has 0 atom stereocenters. The fourth-order valence-electron chi connectivity index (χ4n) is 10.2. The van der Waals surface area contributed by atoms with Crippen LogP contribution in [0.25, 0.3) is 44.5 Å². The van der Waals surface area contributed by atoms with E-state index in [-0.39, 0.29) is 0 Å². The van der Waals surface area contributed by atoms with Gasteiger partial charge in [0.2, 0.25) is 0 Å². The summed E-state index contributed by atoms with van der Waals surface area (Å²) in [5, 5.41) is 0. The summed E-state index contributed by atoms with van der Waals surface area (Å²) in [6.45, 7) is 9.06. The number of benzene rings is 9. The average molecular weight is 913 g/mol. The van der Waals surface area contributed by atoms with E-state index in [1.165, 1.54) is 118 Å². The lowest BCUT2D eigenvalue weighted by Crippen LogP contribution is -2.10. The second kappa shape index (κ2) is 23.3. The fraction of sp³-hybridized carbons (Fsp3) is 0.206. The minimum atomic E-state index is 1.06. The molecular formula is C68H68N2. The predicted octanol–water partition coefficient (Wildman–Crippen LogP) is 20.2. The maximum Gasteiger partial charge on any atom is 0.0464 e. The van der Waals surface area contributed by atoms with Crippen molar-refractivity contribution < 1.29 is 0 Å². The van der Waals surface area contributed by atoms with Crippen molar-refractivity contribution in [2.45, 2.75) is 91.9 Å². The third kappa shape index (κ3) is 11.2. The lowest BCUT2D eigenvalue weighted by atomic mass is 9.86. The Morgan fingerprint density at radius 1 is 0.271 bits per heavy atom. The van der Waals surface area contributed by atoms with E-state index in [1.807, 2.05) is 0 Å². The summed E-state index contributed by atoms with van der Waals surface area (Å²) in [4.78, 5) is 4.78. The van der Waals surface area contributed by atoms with Crippen molar-refractivity contribution >= 4 is 34.1 Å². The molecule has 0 aliphatic rings. The normalized spacial score (nSPS) is 11.1. The van der Waals surface area contributed by atoms with Crippen molar-refractivity contribution in [1.82, 2.24) is 0 Å². The van der Waals surface area contributed by atoms with E-state index in [4.69, 9.17) is 0 Å². The van der Waals surface area contributed by atoms with Gasteiger partial charge in [-0.15, -0.1) is 0 Å². The number of nitrogens with zero attached hydrogens (tertiary/aromatic N) is 2. The van der Waals surface area contributed by atoms with Gasteiger partial charge in [0.15, 0.2) is 0 Å². The Morgan fingerprint density at radius 3 is 0.929 bits per heavy atom. The van der Waals surface area contributed by atoms with E-state index in [1.54, 1.807) is 0 Å². The summed E-state index contributed by atoms with van der Waals surface area (Å²) in [7, 11) is 0. The molecule has 2 nitrogen and oxygen atoms in total. The van der Waals surface area contributed by atoms with E-state index in [0.717, 1.165) is 47.0 Å². The Hall–Kier alpha value is -7.42. The summed E-state index contributed by atoms with van der Waals surface area (Å²) < 4.78 is 0. The van der Waals surface area contributed by atoms with Crippen LogP contribution in [0.2, 0.25) is 0 Å². The standard InChI is InChI=1S/C68H68N2/c1-5-7-9-15-29-57-49-68(56-37-41-62(42-38-56)70(60-33-23-14-24-34-60)64-44-46-66(52(4)48-64)54-27-19-12-20-28-54)58(30-16-10-8-6-2)50-67(57)55-35-39-61(40-36-55)69(59-31-21-13-22-32-59)63-43-45-65(51(3)47-63)53-25-17-11-18-26-53/h11-14,17-28,31-50H,5-10,15-16,29-30H2,1-4H3. The summed E-state index contributed by atoms with van der Waals surface area (Å²) >= 11 is 0. The molecule has 350 valence electrons. The van der Waals surface area contributed by atoms with Crippen LogP contribution in [0.15, 0.2) is 218 Å². The molecule has 2 heteroatoms. The first-order valence-electron chi connectivity index (χ1n) is 25.9. The van der Waals surface area contributed by atoms with Crippen molar-refractivity contribution in [3.8, 4) is 44.5 Å². The minimum absolute atomic E-state index is 1.06. The van der Waals surface area contributed by atoms with Crippen molar-refractivity contribution in [3.05, 3.63) is 241 Å². The van der Waals surface area contributed by atoms with Gasteiger partial charge in [-0.25, -0.2) is 0 Å². The maximum absolute atomic E-state index is 2.56. The fourth-order valence-corrected chi connectivity index (χ4v) is 10.2. The molecule has 0 amide bonds. The molecule has 0 spiro atoms. The van der Waals surface area contributed by atoms with Crippen LogP contribution in [0.4, 0.5) is 34.1 Å². The van der Waals surface area contributed by atoms with Gasteiger partial charge in [-0.2, -0.15) is 0 Å². The van der Waals surface area contributed by atoms with Crippen LogP contribution in [-0.4, -0.2) is 0 Å². The molecule has 0 radical (unpaired) electrons. The third-order valence-corrected chi connectivity index (χ3v) is 13.9. The van der Waals surface area contributed by atoms with E-state index >= 15 is 0 Å². The molecule has 0 heterocycles. The molecule has 0 saturated carbocycles. The first-order valence-corrected chi connectivity index (χ1v) is 25.9. The van der Waals surface area contributed by atoms with Crippen LogP contribution < -0.4 is 9.80 Å². The zero-order valence-corrected chi connectivity index (χ0v) is 41.8. The smallest absolute Gasteiger partial charge is 0.0464 e. The Labute approximate surface area is 419 Å². The summed E-state index contributed by atoms with van der Waals surface area (Å²) in [6.07, 6.45) is 12.0. The lowest BCUT2D eigenvalue weighted by Gasteiger charge is -2.27. The molecule has 0 bridgehead atoms. The predicted molar refractivity (Wildman–Crippen MR) is 303 cm³/mol. The number of hydrogen-bond donors (Lipinski definition) is 0. The van der Waals surface area contributed by atoms with Crippen LogP contribution in [0.1, 0.15) is 87.5 Å². The van der Waals surface area contributed by atoms with E-state index in [2.05, 4.69) is 256 Å². The van der Waals surface area contributed by atoms with Gasteiger partial charge in [-0.05, 0) is 179 Å². The van der Waals surface area contributed by atoms with Crippen molar-refractivity contribution in [2.75, 3.05) is 9.80 Å². The van der Waals surface area contributed by atoms with Crippen molar-refractivity contribution in [1.29, 1.82) is 0 Å². The third-order valence-electron chi connectivity index (χ3n) is 13.9. The van der Waals surface area contributed by atoms with Gasteiger partial charge in [0.05, 0.1) is 0 Å². The molecule has 0 aromatic heterocycles. The Bertz CT molecular complexity index is 2840. The van der Waals surface area contributed by atoms with Crippen LogP contribution in [0.3, 0.4) is 0 Å². The van der Waals surface area contributed by atoms with Gasteiger partial charge >= 0.3 is 0 Å². The summed E-state index contributed by atoms with van der Waals surface area (Å²) in [5.74, 6) is 0. The van der Waals surface area contributed by atoms with Crippen LogP contribution in [0, 0.1) is 13.8 Å². The monoisotopic (exact) mass is 913 g/mol. The van der Waals surface area contributed by atoms with Crippen LogP contribution >= 0.6 is 0 Å². The van der Waals surface area contributed by atoms with E-state index in [9.17, 15) is 0 Å². The molecule has 0 N–H and O–H groups in total. The average Bonchev–Trinajstić information content (AvgIpc) is 3.41. The highest BCUT2D eigenvalue weighted by Gasteiger charge is 2.19. The molecule has 9 aromatic rings. The molecule has 0 aliphatic heterocycles. The zero-order valence-electron chi connectivity index (χ0n) is 41.8. The van der Waals surface area contributed by atoms with E-state index < -0.39 is 0 Å². The molecule has 9 aromatic carbocycles. The minimum Gasteiger partial charge on any atom is -0.310 e. The van der Waals surface area contributed by atoms with Gasteiger partial charge in [0.1, 0.15) is 0 Å². The largest absolute Gasteiger partial charge is 0.310 e. The molecule has 0 saturated heterocycles. The van der Waals surface area contributed by atoms with E-state index in [0.29, 0.717) is 0 Å². The zero-order chi connectivity index (χ0) is 48.1. The number of hydrogen-bond acceptors (Lipinski definition) is 2. The number of rotatable bonds is 20. The first kappa shape index (κ1) is 47.6. The quantitative estimate of drug-likeness (QED) is 0.0703. The van der Waals surface area contributed by atoms with Gasteiger partial charge < -0.3 is 9.80 Å². The SMILES string of the molecule is CCCCCCc1cc(-c2ccc(N(c3ccccc3)c3ccc(-c4ccccc4)c(C)c3)cc2)c(CCCCCC)cc1-c1ccc(N(c2ccccc2)c2ccc(-c3ccccc3)c(C)c2)cc1. The number of anilines is 6. The second-order valence-corrected chi connectivity index (χ2v) is 19.0. The Morgan fingerprint density at radius 2 is 0.586 bits per heavy atom. The topological polar surface area (TPSA) is 6.48 Å². The summed E-state index contributed by atoms with van der Waals surface area (Å²) in [6, 6.07) is 80.6. The molecule has 0 fully saturated rings. The van der Waals surface area contributed by atoms with Crippen molar-refractivity contribution in [3.63, 3.8) is 0 Å². The number of aryl methyl sites for hydroxylation is 4. The van der Waals surface area contributed by atoms with Gasteiger partial charge in [0, 0.05) is 34.1 Å². The van der Waals surface area contributed by atoms with Gasteiger partial charge in [-0.1, -0.05) is 198 Å². The Kier molecular flexibility index (Phi) is 15.8. The Balaban J connectivity index is 1.09. The molecule has 9 rings (SSSR count). The molecule has 0 aliphatic carbocycles. The molecular weight excluding hydrogens is 845 g/mol. The lowest BCUT2D eigenvalue weighted by molar-refractivity contribution is 0.664.